The quantitative estimate of drug-likeness (QED) is 0.785. The van der Waals surface area contributed by atoms with Crippen molar-refractivity contribution in [2.24, 2.45) is 0 Å². The molecule has 0 spiro atoms. The highest BCUT2D eigenvalue weighted by molar-refractivity contribution is 7.09. The molecule has 144 valence electrons. The van der Waals surface area contributed by atoms with Gasteiger partial charge in [0.1, 0.15) is 13.2 Å². The van der Waals surface area contributed by atoms with Gasteiger partial charge < -0.3 is 24.4 Å². The first-order valence-electron chi connectivity index (χ1n) is 8.68. The molecule has 1 aliphatic heterocycles. The number of nitrogens with one attached hydrogen (secondary N) is 1. The SMILES string of the molecule is CCN(CC(=O)NCc1cccs1)C(=O)c1cc(OC)c2c(c1)OCCO2. The van der Waals surface area contributed by atoms with Crippen LogP contribution in [0, 0.1) is 0 Å². The molecule has 1 aliphatic rings. The number of fused-ring (bicyclic) bond motifs is 1. The fourth-order valence-corrected chi connectivity index (χ4v) is 3.38. The minimum atomic E-state index is -0.265. The van der Waals surface area contributed by atoms with E-state index in [1.165, 1.54) is 12.0 Å². The molecule has 0 saturated carbocycles. The smallest absolute Gasteiger partial charge is 0.254 e. The van der Waals surface area contributed by atoms with Crippen molar-refractivity contribution in [3.63, 3.8) is 0 Å². The summed E-state index contributed by atoms with van der Waals surface area (Å²) in [6.07, 6.45) is 0. The first-order chi connectivity index (χ1) is 13.1. The van der Waals surface area contributed by atoms with Crippen molar-refractivity contribution in [1.82, 2.24) is 10.2 Å². The predicted octanol–water partition coefficient (Wildman–Crippen LogP) is 2.31. The summed E-state index contributed by atoms with van der Waals surface area (Å²) in [6, 6.07) is 7.13. The van der Waals surface area contributed by atoms with E-state index in [2.05, 4.69) is 5.32 Å². The van der Waals surface area contributed by atoms with Crippen LogP contribution in [-0.2, 0) is 11.3 Å². The highest BCUT2D eigenvalue weighted by atomic mass is 32.1. The van der Waals surface area contributed by atoms with Crippen LogP contribution in [0.3, 0.4) is 0 Å². The van der Waals surface area contributed by atoms with Crippen LogP contribution in [0.4, 0.5) is 0 Å². The Kier molecular flexibility index (Phi) is 6.18. The molecule has 1 aromatic heterocycles. The highest BCUT2D eigenvalue weighted by Crippen LogP contribution is 2.40. The van der Waals surface area contributed by atoms with Gasteiger partial charge in [0.2, 0.25) is 11.7 Å². The van der Waals surface area contributed by atoms with Crippen LogP contribution in [0.2, 0.25) is 0 Å². The van der Waals surface area contributed by atoms with Crippen LogP contribution >= 0.6 is 11.3 Å². The maximum absolute atomic E-state index is 12.9. The van der Waals surface area contributed by atoms with Gasteiger partial charge in [0.05, 0.1) is 20.2 Å². The number of likely N-dealkylation sites (N-methyl/N-ethyl adjacent to an activating group) is 1. The molecule has 0 radical (unpaired) electrons. The van der Waals surface area contributed by atoms with Gasteiger partial charge in [-0.3, -0.25) is 9.59 Å². The Morgan fingerprint density at radius 2 is 2.11 bits per heavy atom. The molecular formula is C19H22N2O5S. The van der Waals surface area contributed by atoms with Gasteiger partial charge in [0, 0.05) is 17.0 Å². The summed E-state index contributed by atoms with van der Waals surface area (Å²) >= 11 is 1.57. The molecule has 0 bridgehead atoms. The van der Waals surface area contributed by atoms with E-state index in [4.69, 9.17) is 14.2 Å². The molecule has 0 atom stereocenters. The molecule has 2 amide bonds. The number of carbonyl (C=O) groups excluding carboxylic acids is 2. The van der Waals surface area contributed by atoms with Gasteiger partial charge in [-0.05, 0) is 30.5 Å². The molecule has 27 heavy (non-hydrogen) atoms. The second-order valence-electron chi connectivity index (χ2n) is 5.88. The highest BCUT2D eigenvalue weighted by Gasteiger charge is 2.24. The van der Waals surface area contributed by atoms with E-state index in [9.17, 15) is 9.59 Å². The largest absolute Gasteiger partial charge is 0.493 e. The van der Waals surface area contributed by atoms with Gasteiger partial charge in [0.15, 0.2) is 11.5 Å². The van der Waals surface area contributed by atoms with E-state index < -0.39 is 0 Å². The summed E-state index contributed by atoms with van der Waals surface area (Å²) in [5.74, 6) is 0.940. The number of rotatable bonds is 7. The lowest BCUT2D eigenvalue weighted by Gasteiger charge is -2.24. The summed E-state index contributed by atoms with van der Waals surface area (Å²) in [7, 11) is 1.51. The Labute approximate surface area is 161 Å². The predicted molar refractivity (Wildman–Crippen MR) is 102 cm³/mol. The van der Waals surface area contributed by atoms with E-state index in [-0.39, 0.29) is 18.4 Å². The monoisotopic (exact) mass is 390 g/mol. The normalized spacial score (nSPS) is 12.4. The van der Waals surface area contributed by atoms with Crippen LogP contribution in [0.15, 0.2) is 29.6 Å². The lowest BCUT2D eigenvalue weighted by atomic mass is 10.1. The maximum atomic E-state index is 12.9. The maximum Gasteiger partial charge on any atom is 0.254 e. The molecule has 8 heteroatoms. The van der Waals surface area contributed by atoms with Crippen molar-refractivity contribution in [3.05, 3.63) is 40.1 Å². The number of hydrogen-bond acceptors (Lipinski definition) is 6. The third-order valence-corrected chi connectivity index (χ3v) is 4.99. The summed E-state index contributed by atoms with van der Waals surface area (Å²) in [5, 5.41) is 4.79. The van der Waals surface area contributed by atoms with Gasteiger partial charge in [-0.15, -0.1) is 11.3 Å². The zero-order valence-electron chi connectivity index (χ0n) is 15.3. The van der Waals surface area contributed by atoms with Crippen molar-refractivity contribution < 1.29 is 23.8 Å². The van der Waals surface area contributed by atoms with Gasteiger partial charge in [-0.1, -0.05) is 6.07 Å². The molecule has 3 rings (SSSR count). The Morgan fingerprint density at radius 1 is 1.30 bits per heavy atom. The van der Waals surface area contributed by atoms with Crippen molar-refractivity contribution in [2.45, 2.75) is 13.5 Å². The molecule has 2 heterocycles. The third kappa shape index (κ3) is 4.51. The topological polar surface area (TPSA) is 77.1 Å². The molecule has 0 aliphatic carbocycles. The Bertz CT molecular complexity index is 789. The number of hydrogen-bond donors (Lipinski definition) is 1. The number of amides is 2. The summed E-state index contributed by atoms with van der Waals surface area (Å²) < 4.78 is 16.5. The summed E-state index contributed by atoms with van der Waals surface area (Å²) in [6.45, 7) is 3.53. The second-order valence-corrected chi connectivity index (χ2v) is 6.91. The number of ether oxygens (including phenoxy) is 3. The van der Waals surface area contributed by atoms with Crippen molar-refractivity contribution in [1.29, 1.82) is 0 Å². The van der Waals surface area contributed by atoms with E-state index in [1.807, 2.05) is 24.4 Å². The minimum absolute atomic E-state index is 0.0164. The first-order valence-corrected chi connectivity index (χ1v) is 9.56. The molecule has 0 fully saturated rings. The van der Waals surface area contributed by atoms with Crippen LogP contribution in [0.5, 0.6) is 17.2 Å². The molecule has 1 aromatic carbocycles. The lowest BCUT2D eigenvalue weighted by molar-refractivity contribution is -0.121. The van der Waals surface area contributed by atoms with Crippen molar-refractivity contribution in [2.75, 3.05) is 33.4 Å². The molecule has 7 nitrogen and oxygen atoms in total. The molecular weight excluding hydrogens is 368 g/mol. The van der Waals surface area contributed by atoms with Crippen LogP contribution < -0.4 is 19.5 Å². The van der Waals surface area contributed by atoms with Crippen molar-refractivity contribution in [3.8, 4) is 17.2 Å². The summed E-state index contributed by atoms with van der Waals surface area (Å²) in [4.78, 5) is 27.7. The average Bonchev–Trinajstić information content (AvgIpc) is 3.22. The van der Waals surface area contributed by atoms with Gasteiger partial charge in [0.25, 0.3) is 5.91 Å². The van der Waals surface area contributed by atoms with Gasteiger partial charge in [-0.25, -0.2) is 0 Å². The number of thiophene rings is 1. The van der Waals surface area contributed by atoms with E-state index in [0.717, 1.165) is 4.88 Å². The van der Waals surface area contributed by atoms with Gasteiger partial charge >= 0.3 is 0 Å². The van der Waals surface area contributed by atoms with Gasteiger partial charge in [-0.2, -0.15) is 0 Å². The third-order valence-electron chi connectivity index (χ3n) is 4.12. The van der Waals surface area contributed by atoms with E-state index in [1.54, 1.807) is 23.5 Å². The van der Waals surface area contributed by atoms with E-state index in [0.29, 0.717) is 49.1 Å². The standard InChI is InChI=1S/C19H22N2O5S/c1-3-21(12-17(22)20-11-14-5-4-8-27-14)19(23)13-9-15(24-2)18-16(10-13)25-6-7-26-18/h4-5,8-10H,3,6-7,11-12H2,1-2H3,(H,20,22). The van der Waals surface area contributed by atoms with Crippen LogP contribution in [-0.4, -0.2) is 50.1 Å². The second kappa shape index (κ2) is 8.77. The Morgan fingerprint density at radius 3 is 2.81 bits per heavy atom. The van der Waals surface area contributed by atoms with Crippen LogP contribution in [0.25, 0.3) is 0 Å². The van der Waals surface area contributed by atoms with Crippen LogP contribution in [0.1, 0.15) is 22.2 Å². The molecule has 2 aromatic rings. The summed E-state index contributed by atoms with van der Waals surface area (Å²) in [5.41, 5.74) is 0.393. The van der Waals surface area contributed by atoms with E-state index >= 15 is 0 Å². The number of benzene rings is 1. The number of carbonyl (C=O) groups is 2. The lowest BCUT2D eigenvalue weighted by Crippen LogP contribution is -2.40. The molecule has 0 unspecified atom stereocenters. The Hall–Kier alpha value is -2.74. The fraction of sp³-hybridized carbons (Fsp3) is 0.368. The zero-order valence-corrected chi connectivity index (χ0v) is 16.1. The Balaban J connectivity index is 1.69. The number of nitrogens with zero attached hydrogens (tertiary/aromatic N) is 1. The number of methoxy groups -OCH3 is 1. The minimum Gasteiger partial charge on any atom is -0.493 e. The molecule has 0 saturated heterocycles. The molecule has 1 N–H and O–H groups in total. The fourth-order valence-electron chi connectivity index (χ4n) is 2.73. The average molecular weight is 390 g/mol. The zero-order chi connectivity index (χ0) is 19.2. The first kappa shape index (κ1) is 19.0. The van der Waals surface area contributed by atoms with Crippen molar-refractivity contribution >= 4 is 23.2 Å².